The van der Waals surface area contributed by atoms with Crippen molar-refractivity contribution in [3.63, 3.8) is 0 Å². The third kappa shape index (κ3) is 4.26. The standard InChI is InChI=1S/C17H16BrN3O3S/c1-24-17(23)16(10-8-13(18)25-9-10)21-15(22)7-6-14-19-11-4-2-3-5-12(11)20-14/h2-5,8-9,16H,6-7H2,1H3,(H,19,20)(H,21,22). The fourth-order valence-corrected chi connectivity index (χ4v) is 3.66. The number of nitrogens with zero attached hydrogens (tertiary/aromatic N) is 1. The molecule has 25 heavy (non-hydrogen) atoms. The van der Waals surface area contributed by atoms with Crippen LogP contribution in [-0.4, -0.2) is 29.0 Å². The molecule has 2 N–H and O–H groups in total. The zero-order valence-electron chi connectivity index (χ0n) is 13.4. The van der Waals surface area contributed by atoms with Crippen LogP contribution >= 0.6 is 27.3 Å². The molecule has 1 unspecified atom stereocenters. The van der Waals surface area contributed by atoms with Gasteiger partial charge >= 0.3 is 5.97 Å². The van der Waals surface area contributed by atoms with Crippen molar-refractivity contribution in [2.24, 2.45) is 0 Å². The van der Waals surface area contributed by atoms with E-state index in [0.29, 0.717) is 12.0 Å². The van der Waals surface area contributed by atoms with Crippen LogP contribution in [0.15, 0.2) is 39.5 Å². The Bertz CT molecular complexity index is 872. The number of aromatic nitrogens is 2. The SMILES string of the molecule is COC(=O)C(NC(=O)CCc1nc2ccccc2[nH]1)c1csc(Br)c1. The normalized spacial score (nSPS) is 12.1. The highest BCUT2D eigenvalue weighted by Gasteiger charge is 2.24. The van der Waals surface area contributed by atoms with Crippen molar-refractivity contribution >= 4 is 50.2 Å². The molecular weight excluding hydrogens is 406 g/mol. The number of esters is 1. The Morgan fingerprint density at radius 2 is 2.20 bits per heavy atom. The lowest BCUT2D eigenvalue weighted by Crippen LogP contribution is -2.34. The summed E-state index contributed by atoms with van der Waals surface area (Å²) < 4.78 is 5.68. The highest BCUT2D eigenvalue weighted by Crippen LogP contribution is 2.26. The number of nitrogens with one attached hydrogen (secondary N) is 2. The number of methoxy groups -OCH3 is 1. The molecule has 0 bridgehead atoms. The molecule has 0 saturated carbocycles. The second-order valence-electron chi connectivity index (χ2n) is 5.41. The summed E-state index contributed by atoms with van der Waals surface area (Å²) in [6.45, 7) is 0. The van der Waals surface area contributed by atoms with Crippen LogP contribution in [0.5, 0.6) is 0 Å². The first-order valence-corrected chi connectivity index (χ1v) is 9.29. The molecule has 0 fully saturated rings. The molecule has 0 aliphatic rings. The molecule has 2 heterocycles. The largest absolute Gasteiger partial charge is 0.467 e. The number of carbonyl (C=O) groups excluding carboxylic acids is 2. The minimum atomic E-state index is -0.810. The second kappa shape index (κ2) is 7.79. The minimum Gasteiger partial charge on any atom is -0.467 e. The number of carbonyl (C=O) groups is 2. The van der Waals surface area contributed by atoms with Crippen molar-refractivity contribution in [3.05, 3.63) is 50.9 Å². The number of aryl methyl sites for hydroxylation is 1. The van der Waals surface area contributed by atoms with Crippen LogP contribution in [0.1, 0.15) is 23.9 Å². The number of hydrogen-bond acceptors (Lipinski definition) is 5. The first kappa shape index (κ1) is 17.6. The molecule has 0 spiro atoms. The van der Waals surface area contributed by atoms with Crippen molar-refractivity contribution in [2.75, 3.05) is 7.11 Å². The summed E-state index contributed by atoms with van der Waals surface area (Å²) in [4.78, 5) is 31.9. The number of amides is 1. The summed E-state index contributed by atoms with van der Waals surface area (Å²) in [6.07, 6.45) is 0.681. The van der Waals surface area contributed by atoms with Gasteiger partial charge in [-0.2, -0.15) is 0 Å². The monoisotopic (exact) mass is 421 g/mol. The maximum atomic E-state index is 12.3. The van der Waals surface area contributed by atoms with Gasteiger partial charge in [-0.05, 0) is 45.1 Å². The van der Waals surface area contributed by atoms with E-state index < -0.39 is 12.0 Å². The molecule has 1 aromatic carbocycles. The summed E-state index contributed by atoms with van der Waals surface area (Å²) in [5, 5.41) is 4.54. The maximum Gasteiger partial charge on any atom is 0.333 e. The molecule has 0 saturated heterocycles. The number of aromatic amines is 1. The van der Waals surface area contributed by atoms with E-state index in [1.165, 1.54) is 18.4 Å². The quantitative estimate of drug-likeness (QED) is 0.597. The molecule has 3 rings (SSSR count). The predicted molar refractivity (Wildman–Crippen MR) is 99.3 cm³/mol. The van der Waals surface area contributed by atoms with Crippen LogP contribution in [0, 0.1) is 0 Å². The number of ether oxygens (including phenoxy) is 1. The highest BCUT2D eigenvalue weighted by molar-refractivity contribution is 9.11. The Labute approximate surface area is 156 Å². The number of hydrogen-bond donors (Lipinski definition) is 2. The number of rotatable bonds is 6. The van der Waals surface area contributed by atoms with E-state index in [-0.39, 0.29) is 12.3 Å². The van der Waals surface area contributed by atoms with Crippen molar-refractivity contribution < 1.29 is 14.3 Å². The van der Waals surface area contributed by atoms with Gasteiger partial charge in [0.1, 0.15) is 5.82 Å². The Morgan fingerprint density at radius 3 is 2.88 bits per heavy atom. The molecule has 0 aliphatic carbocycles. The molecule has 6 nitrogen and oxygen atoms in total. The van der Waals surface area contributed by atoms with Gasteiger partial charge in [-0.3, -0.25) is 4.79 Å². The summed E-state index contributed by atoms with van der Waals surface area (Å²) >= 11 is 4.80. The number of benzene rings is 1. The van der Waals surface area contributed by atoms with E-state index in [0.717, 1.165) is 20.6 Å². The van der Waals surface area contributed by atoms with Crippen molar-refractivity contribution in [3.8, 4) is 0 Å². The van der Waals surface area contributed by atoms with Crippen LogP contribution in [0.4, 0.5) is 0 Å². The molecule has 1 amide bonds. The Balaban J connectivity index is 1.64. The number of halogens is 1. The number of H-pyrrole nitrogens is 1. The summed E-state index contributed by atoms with van der Waals surface area (Å²) in [5.41, 5.74) is 2.50. The predicted octanol–water partition coefficient (Wildman–Crippen LogP) is 3.35. The minimum absolute atomic E-state index is 0.221. The van der Waals surface area contributed by atoms with Crippen molar-refractivity contribution in [1.82, 2.24) is 15.3 Å². The summed E-state index contributed by atoms with van der Waals surface area (Å²) in [6, 6.07) is 8.68. The molecule has 2 aromatic heterocycles. The Hall–Kier alpha value is -2.19. The average Bonchev–Trinajstić information content (AvgIpc) is 3.22. The van der Waals surface area contributed by atoms with Gasteiger partial charge in [-0.25, -0.2) is 9.78 Å². The number of thiophene rings is 1. The van der Waals surface area contributed by atoms with Gasteiger partial charge in [0.25, 0.3) is 0 Å². The van der Waals surface area contributed by atoms with E-state index in [2.05, 4.69) is 31.2 Å². The first-order valence-electron chi connectivity index (χ1n) is 7.61. The first-order chi connectivity index (χ1) is 12.1. The van der Waals surface area contributed by atoms with Gasteiger partial charge in [0, 0.05) is 12.8 Å². The molecule has 0 radical (unpaired) electrons. The average molecular weight is 422 g/mol. The highest BCUT2D eigenvalue weighted by atomic mass is 79.9. The lowest BCUT2D eigenvalue weighted by molar-refractivity contribution is -0.145. The molecular formula is C17H16BrN3O3S. The van der Waals surface area contributed by atoms with Crippen LogP contribution in [0.3, 0.4) is 0 Å². The Kier molecular flexibility index (Phi) is 5.50. The summed E-state index contributed by atoms with van der Waals surface area (Å²) in [5.74, 6) is 0.00446. The fraction of sp³-hybridized carbons (Fsp3) is 0.235. The molecule has 3 aromatic rings. The topological polar surface area (TPSA) is 84.1 Å². The lowest BCUT2D eigenvalue weighted by Gasteiger charge is -2.15. The van der Waals surface area contributed by atoms with E-state index in [1.807, 2.05) is 29.6 Å². The number of imidazole rings is 1. The van der Waals surface area contributed by atoms with E-state index >= 15 is 0 Å². The molecule has 130 valence electrons. The fourth-order valence-electron chi connectivity index (χ4n) is 2.46. The van der Waals surface area contributed by atoms with Crippen LogP contribution in [-0.2, 0) is 20.7 Å². The van der Waals surface area contributed by atoms with E-state index in [1.54, 1.807) is 6.07 Å². The smallest absolute Gasteiger partial charge is 0.333 e. The summed E-state index contributed by atoms with van der Waals surface area (Å²) in [7, 11) is 1.30. The zero-order chi connectivity index (χ0) is 17.8. The second-order valence-corrected chi connectivity index (χ2v) is 7.70. The third-order valence-electron chi connectivity index (χ3n) is 3.69. The molecule has 0 aliphatic heterocycles. The van der Waals surface area contributed by atoms with Gasteiger partial charge in [0.05, 0.1) is 21.9 Å². The molecule has 1 atom stereocenters. The van der Waals surface area contributed by atoms with Crippen LogP contribution in [0.25, 0.3) is 11.0 Å². The van der Waals surface area contributed by atoms with Crippen molar-refractivity contribution in [2.45, 2.75) is 18.9 Å². The number of para-hydroxylation sites is 2. The Morgan fingerprint density at radius 1 is 1.40 bits per heavy atom. The van der Waals surface area contributed by atoms with Gasteiger partial charge in [0.2, 0.25) is 5.91 Å². The third-order valence-corrected chi connectivity index (χ3v) is 5.21. The van der Waals surface area contributed by atoms with Gasteiger partial charge in [-0.15, -0.1) is 11.3 Å². The van der Waals surface area contributed by atoms with Crippen LogP contribution in [0.2, 0.25) is 0 Å². The van der Waals surface area contributed by atoms with Crippen LogP contribution < -0.4 is 5.32 Å². The zero-order valence-corrected chi connectivity index (χ0v) is 15.8. The van der Waals surface area contributed by atoms with Crippen molar-refractivity contribution in [1.29, 1.82) is 0 Å². The van der Waals surface area contributed by atoms with E-state index in [4.69, 9.17) is 4.74 Å². The lowest BCUT2D eigenvalue weighted by atomic mass is 10.1. The number of fused-ring (bicyclic) bond motifs is 1. The van der Waals surface area contributed by atoms with Gasteiger partial charge in [-0.1, -0.05) is 12.1 Å². The maximum absolute atomic E-state index is 12.3. The molecule has 8 heteroatoms. The van der Waals surface area contributed by atoms with Gasteiger partial charge < -0.3 is 15.0 Å². The van der Waals surface area contributed by atoms with Gasteiger partial charge in [0.15, 0.2) is 6.04 Å². The van der Waals surface area contributed by atoms with E-state index in [9.17, 15) is 9.59 Å².